The molecule has 4 nitrogen and oxygen atoms in total. The maximum absolute atomic E-state index is 13.9. The fraction of sp³-hybridized carbons (Fsp3) is 0.429. The Morgan fingerprint density at radius 3 is 2.07 bits per heavy atom. The van der Waals surface area contributed by atoms with E-state index in [0.29, 0.717) is 48.3 Å². The van der Waals surface area contributed by atoms with Gasteiger partial charge in [0, 0.05) is 49.7 Å². The number of aryl methyl sites for hydroxylation is 3. The summed E-state index contributed by atoms with van der Waals surface area (Å²) in [5.74, 6) is -0.282. The summed E-state index contributed by atoms with van der Waals surface area (Å²) in [5.41, 5.74) is 4.01. The quantitative estimate of drug-likeness (QED) is 0.112. The van der Waals surface area contributed by atoms with Crippen LogP contribution in [0.3, 0.4) is 0 Å². The molecule has 0 amide bonds. The van der Waals surface area contributed by atoms with Crippen LogP contribution in [-0.4, -0.2) is 26.9 Å². The Morgan fingerprint density at radius 2 is 1.46 bits per heavy atom. The molecule has 3 aromatic heterocycles. The molecule has 74 heavy (non-hydrogen) atoms. The van der Waals surface area contributed by atoms with Crippen LogP contribution in [0.1, 0.15) is 170 Å². The third-order valence-electron chi connectivity index (χ3n) is 15.1. The Morgan fingerprint density at radius 1 is 0.797 bits per heavy atom. The molecule has 5 aromatic carbocycles. The van der Waals surface area contributed by atoms with Crippen LogP contribution in [0.25, 0.3) is 61.3 Å². The standard InChI is InChI=1S/C44H43F6N2O.C19H24N.Ir/c1-26(2)33-24-29(28-16-18-41(19-17-28)20-22-42(23-21-41,43(45,46)47)44(48,49)50)25-34(27(3)4)38(33)52-36-14-7-6-13-35(36)51-40(52)32-12-9-11-31-30-10-5-8-15-37(30)53-39(31)32;1-14-6-8-16(9-7-14)18-12-15(2)17(13-20-18)10-11-19(3,4)5;/h5-11,13-15,24-28H,16-23H2,1-4H3;6-8,12-13H,10-11H2,1-5H3;/q2*-1;/i28D;1D3,2D3,10D2;. The molecular weight excluding hydrogens is 1120 g/mol. The molecule has 2 aliphatic rings. The van der Waals surface area contributed by atoms with Crippen molar-refractivity contribution >= 4 is 33.0 Å². The number of imidazole rings is 1. The van der Waals surface area contributed by atoms with E-state index in [9.17, 15) is 27.7 Å². The van der Waals surface area contributed by atoms with E-state index in [-0.39, 0.29) is 73.3 Å². The van der Waals surface area contributed by atoms with Gasteiger partial charge in [-0.15, -0.1) is 53.6 Å². The van der Waals surface area contributed by atoms with Crippen LogP contribution < -0.4 is 0 Å². The monoisotopic (exact) mass is 1200 g/mol. The molecule has 0 N–H and O–H groups in total. The smallest absolute Gasteiger partial charge is 0.403 e. The molecule has 8 aromatic rings. The van der Waals surface area contributed by atoms with Crippen molar-refractivity contribution in [2.45, 2.75) is 156 Å². The topological polar surface area (TPSA) is 43.9 Å². The number of para-hydroxylation sites is 3. The predicted molar refractivity (Wildman–Crippen MR) is 283 cm³/mol. The number of benzene rings is 5. The summed E-state index contributed by atoms with van der Waals surface area (Å²) in [7, 11) is 0. The van der Waals surface area contributed by atoms with Crippen LogP contribution >= 0.6 is 0 Å². The zero-order valence-corrected chi connectivity index (χ0v) is 45.1. The van der Waals surface area contributed by atoms with Crippen LogP contribution in [-0.2, 0) is 26.5 Å². The molecule has 393 valence electrons. The van der Waals surface area contributed by atoms with Crippen molar-refractivity contribution < 1.29 is 63.2 Å². The first kappa shape index (κ1) is 43.9. The third kappa shape index (κ3) is 10.8. The average Bonchev–Trinajstić information content (AvgIpc) is 3.67. The van der Waals surface area contributed by atoms with E-state index in [2.05, 4.69) is 67.6 Å². The van der Waals surface area contributed by atoms with Crippen LogP contribution in [0.5, 0.6) is 0 Å². The minimum absolute atomic E-state index is 0. The zero-order chi connectivity index (χ0) is 60.0. The minimum Gasteiger partial charge on any atom is -0.501 e. The van der Waals surface area contributed by atoms with Gasteiger partial charge < -0.3 is 14.0 Å². The van der Waals surface area contributed by atoms with Gasteiger partial charge in [-0.3, -0.25) is 4.98 Å². The van der Waals surface area contributed by atoms with Crippen molar-refractivity contribution in [2.75, 3.05) is 0 Å². The molecule has 0 atom stereocenters. The molecule has 10 rings (SSSR count). The Hall–Kier alpha value is -5.25. The number of nitrogens with zero attached hydrogens (tertiary/aromatic N) is 3. The Labute approximate surface area is 458 Å². The van der Waals surface area contributed by atoms with Crippen molar-refractivity contribution in [3.05, 3.63) is 149 Å². The van der Waals surface area contributed by atoms with Crippen molar-refractivity contribution in [2.24, 2.45) is 16.2 Å². The number of hydrogen-bond donors (Lipinski definition) is 0. The molecule has 0 bridgehead atoms. The average molecular weight is 1200 g/mol. The van der Waals surface area contributed by atoms with E-state index < -0.39 is 62.0 Å². The SMILES string of the molecule is [2H]C([2H])([2H])c1c[c-]c(-c2cc(C([2H])([2H])[2H])c(C([2H])([2H])CC(C)(C)C)cn2)cc1.[2H]C1(c2cc(C(C)C)c(-n3c(-c4[c-]ccc5c4oc4ccccc45)nc4ccccc43)c(C(C)C)c2)CCC2(CC1)CCC(C(F)(F)F)(C(F)(F)F)CC2.[Ir]. The fourth-order valence-corrected chi connectivity index (χ4v) is 10.8. The second-order valence-electron chi connectivity index (χ2n) is 22.0. The summed E-state index contributed by atoms with van der Waals surface area (Å²) < 4.78 is 164. The summed E-state index contributed by atoms with van der Waals surface area (Å²) >= 11 is 0. The molecule has 1 spiro atoms. The molecule has 2 saturated carbocycles. The van der Waals surface area contributed by atoms with Gasteiger partial charge in [0.05, 0.1) is 22.4 Å². The molecule has 11 heteroatoms. The number of fused-ring (bicyclic) bond motifs is 4. The van der Waals surface area contributed by atoms with Crippen LogP contribution in [0.4, 0.5) is 26.3 Å². The maximum atomic E-state index is 13.9. The number of alkyl halides is 6. The fourth-order valence-electron chi connectivity index (χ4n) is 10.8. The van der Waals surface area contributed by atoms with Gasteiger partial charge in [-0.05, 0) is 146 Å². The van der Waals surface area contributed by atoms with Gasteiger partial charge in [0.15, 0.2) is 5.41 Å². The largest absolute Gasteiger partial charge is 0.501 e. The summed E-state index contributed by atoms with van der Waals surface area (Å²) in [6.07, 6.45) is -11.7. The van der Waals surface area contributed by atoms with Crippen molar-refractivity contribution in [3.8, 4) is 28.3 Å². The predicted octanol–water partition coefficient (Wildman–Crippen LogP) is 19.1. The zero-order valence-electron chi connectivity index (χ0n) is 51.7. The molecule has 3 heterocycles. The molecule has 2 fully saturated rings. The van der Waals surface area contributed by atoms with Crippen molar-refractivity contribution in [1.82, 2.24) is 14.5 Å². The summed E-state index contributed by atoms with van der Waals surface area (Å²) in [4.78, 5) is 9.44. The van der Waals surface area contributed by atoms with Crippen LogP contribution in [0, 0.1) is 42.1 Å². The van der Waals surface area contributed by atoms with Crippen LogP contribution in [0.2, 0.25) is 0 Å². The first-order valence-electron chi connectivity index (χ1n) is 29.6. The van der Waals surface area contributed by atoms with Gasteiger partial charge >= 0.3 is 12.4 Å². The van der Waals surface area contributed by atoms with Crippen LogP contribution in [0.15, 0.2) is 108 Å². The van der Waals surface area contributed by atoms with E-state index >= 15 is 0 Å². The normalized spacial score (nSPS) is 19.0. The summed E-state index contributed by atoms with van der Waals surface area (Å²) in [6, 6.07) is 36.0. The van der Waals surface area contributed by atoms with Gasteiger partial charge in [0.25, 0.3) is 0 Å². The number of rotatable bonds is 8. The third-order valence-corrected chi connectivity index (χ3v) is 15.1. The molecule has 0 unspecified atom stereocenters. The first-order valence-corrected chi connectivity index (χ1v) is 25.1. The van der Waals surface area contributed by atoms with E-state index in [1.165, 1.54) is 30.5 Å². The Kier molecular flexibility index (Phi) is 12.5. The van der Waals surface area contributed by atoms with E-state index in [0.717, 1.165) is 55.3 Å². The molecule has 0 saturated heterocycles. The Bertz CT molecular complexity index is 3590. The Balaban J connectivity index is 0.000000263. The number of furan rings is 1. The van der Waals surface area contributed by atoms with E-state index in [1.54, 1.807) is 0 Å². The van der Waals surface area contributed by atoms with Gasteiger partial charge in [0.2, 0.25) is 0 Å². The number of halogens is 6. The molecule has 2 aliphatic carbocycles. The number of hydrogen-bond acceptors (Lipinski definition) is 3. The van der Waals surface area contributed by atoms with Gasteiger partial charge in [-0.2, -0.15) is 26.3 Å². The second kappa shape index (κ2) is 21.1. The van der Waals surface area contributed by atoms with E-state index in [4.69, 9.17) is 20.4 Å². The van der Waals surface area contributed by atoms with Gasteiger partial charge in [0.1, 0.15) is 5.58 Å². The summed E-state index contributed by atoms with van der Waals surface area (Å²) in [5, 5.41) is 1.97. The van der Waals surface area contributed by atoms with Crippen molar-refractivity contribution in [3.63, 3.8) is 0 Å². The van der Waals surface area contributed by atoms with E-state index in [1.807, 2.05) is 75.4 Å². The number of aromatic nitrogens is 3. The van der Waals surface area contributed by atoms with Crippen molar-refractivity contribution in [1.29, 1.82) is 0 Å². The van der Waals surface area contributed by atoms with Gasteiger partial charge in [-0.25, -0.2) is 0 Å². The summed E-state index contributed by atoms with van der Waals surface area (Å²) in [6.45, 7) is 9.41. The molecule has 0 aliphatic heterocycles. The minimum atomic E-state index is -5.35. The number of pyridine rings is 1. The molecular formula is C63H67F6IrN3O-2. The molecule has 1 radical (unpaired) electrons. The first-order chi connectivity index (χ1) is 38.0. The second-order valence-corrected chi connectivity index (χ2v) is 22.0. The maximum Gasteiger partial charge on any atom is 0.403 e. The van der Waals surface area contributed by atoms with Gasteiger partial charge in [-0.1, -0.05) is 120 Å².